The zero-order valence-electron chi connectivity index (χ0n) is 15.4. The van der Waals surface area contributed by atoms with Gasteiger partial charge in [0.2, 0.25) is 5.91 Å². The molecule has 2 aromatic heterocycles. The lowest BCUT2D eigenvalue weighted by atomic mass is 10.1. The van der Waals surface area contributed by atoms with Gasteiger partial charge in [0.15, 0.2) is 5.82 Å². The second-order valence-corrected chi connectivity index (χ2v) is 7.45. The fourth-order valence-electron chi connectivity index (χ4n) is 2.88. The molecular formula is C23H19N3OS. The smallest absolute Gasteiger partial charge is 0.230 e. The highest BCUT2D eigenvalue weighted by molar-refractivity contribution is 7.13. The standard InChI is InChI=1S/C23H19N3OS/c1-16-9-11-17(12-10-16)14-21(27)26-23-22(20-8-5-13-28-20)25-19(15-24-23)18-6-3-2-4-7-18/h2-13,15H,14H2,1H3,(H,24,26,27). The quantitative estimate of drug-likeness (QED) is 0.503. The van der Waals surface area contributed by atoms with Crippen molar-refractivity contribution in [2.24, 2.45) is 0 Å². The van der Waals surface area contributed by atoms with Crippen molar-refractivity contribution in [2.45, 2.75) is 13.3 Å². The van der Waals surface area contributed by atoms with Gasteiger partial charge in [-0.25, -0.2) is 9.97 Å². The Hall–Kier alpha value is -3.31. The molecule has 5 heteroatoms. The number of amides is 1. The van der Waals surface area contributed by atoms with E-state index in [1.54, 1.807) is 17.5 Å². The van der Waals surface area contributed by atoms with Crippen molar-refractivity contribution < 1.29 is 4.79 Å². The predicted molar refractivity (Wildman–Crippen MR) is 114 cm³/mol. The summed E-state index contributed by atoms with van der Waals surface area (Å²) in [6.07, 6.45) is 2.00. The predicted octanol–water partition coefficient (Wildman–Crippen LogP) is 5.36. The molecule has 28 heavy (non-hydrogen) atoms. The second kappa shape index (κ2) is 8.15. The van der Waals surface area contributed by atoms with Gasteiger partial charge in [-0.05, 0) is 23.9 Å². The van der Waals surface area contributed by atoms with E-state index in [4.69, 9.17) is 4.98 Å². The first-order valence-electron chi connectivity index (χ1n) is 9.01. The molecule has 0 spiro atoms. The Kier molecular flexibility index (Phi) is 5.26. The van der Waals surface area contributed by atoms with Gasteiger partial charge in [0, 0.05) is 5.56 Å². The van der Waals surface area contributed by atoms with Crippen LogP contribution in [0.25, 0.3) is 21.8 Å². The summed E-state index contributed by atoms with van der Waals surface area (Å²) in [5, 5.41) is 4.92. The lowest BCUT2D eigenvalue weighted by Gasteiger charge is -2.11. The van der Waals surface area contributed by atoms with E-state index < -0.39 is 0 Å². The number of rotatable bonds is 5. The summed E-state index contributed by atoms with van der Waals surface area (Å²) >= 11 is 1.57. The van der Waals surface area contributed by atoms with Crippen molar-refractivity contribution in [2.75, 3.05) is 5.32 Å². The maximum Gasteiger partial charge on any atom is 0.230 e. The number of carbonyl (C=O) groups is 1. The molecule has 4 rings (SSSR count). The summed E-state index contributed by atoms with van der Waals surface area (Å²) in [5.41, 5.74) is 4.60. The Morgan fingerprint density at radius 3 is 2.50 bits per heavy atom. The molecular weight excluding hydrogens is 366 g/mol. The van der Waals surface area contributed by atoms with Gasteiger partial charge in [0.1, 0.15) is 5.69 Å². The molecule has 2 aromatic carbocycles. The molecule has 0 atom stereocenters. The largest absolute Gasteiger partial charge is 0.309 e. The third-order valence-electron chi connectivity index (χ3n) is 4.34. The van der Waals surface area contributed by atoms with Crippen molar-refractivity contribution in [1.82, 2.24) is 9.97 Å². The summed E-state index contributed by atoms with van der Waals surface area (Å²) in [5.74, 6) is 0.377. The molecule has 0 aliphatic carbocycles. The van der Waals surface area contributed by atoms with E-state index in [1.807, 2.05) is 79.0 Å². The zero-order valence-corrected chi connectivity index (χ0v) is 16.2. The third-order valence-corrected chi connectivity index (χ3v) is 5.22. The molecule has 0 aliphatic rings. The molecule has 4 nitrogen and oxygen atoms in total. The number of hydrogen-bond donors (Lipinski definition) is 1. The van der Waals surface area contributed by atoms with E-state index in [0.29, 0.717) is 17.9 Å². The van der Waals surface area contributed by atoms with Crippen LogP contribution in [0.3, 0.4) is 0 Å². The number of aromatic nitrogens is 2. The average Bonchev–Trinajstić information content (AvgIpc) is 3.25. The van der Waals surface area contributed by atoms with E-state index in [1.165, 1.54) is 5.56 Å². The van der Waals surface area contributed by atoms with Crippen LogP contribution in [-0.4, -0.2) is 15.9 Å². The van der Waals surface area contributed by atoms with Gasteiger partial charge in [-0.15, -0.1) is 11.3 Å². The molecule has 1 amide bonds. The fraction of sp³-hybridized carbons (Fsp3) is 0.0870. The highest BCUT2D eigenvalue weighted by atomic mass is 32.1. The Bertz CT molecular complexity index is 1070. The van der Waals surface area contributed by atoms with Gasteiger partial charge in [-0.2, -0.15) is 0 Å². The van der Waals surface area contributed by atoms with Gasteiger partial charge in [-0.3, -0.25) is 4.79 Å². The summed E-state index contributed by atoms with van der Waals surface area (Å²) < 4.78 is 0. The molecule has 0 bridgehead atoms. The van der Waals surface area contributed by atoms with Crippen LogP contribution in [0, 0.1) is 6.92 Å². The minimum absolute atomic E-state index is 0.108. The Morgan fingerprint density at radius 2 is 1.79 bits per heavy atom. The van der Waals surface area contributed by atoms with Crippen molar-refractivity contribution in [1.29, 1.82) is 0 Å². The van der Waals surface area contributed by atoms with E-state index in [-0.39, 0.29) is 5.91 Å². The molecule has 0 aliphatic heterocycles. The van der Waals surface area contributed by atoms with Crippen LogP contribution in [0.5, 0.6) is 0 Å². The Balaban J connectivity index is 1.62. The summed E-state index contributed by atoms with van der Waals surface area (Å²) in [4.78, 5) is 22.8. The zero-order chi connectivity index (χ0) is 19.3. The van der Waals surface area contributed by atoms with Gasteiger partial charge in [-0.1, -0.05) is 66.2 Å². The number of nitrogens with zero attached hydrogens (tertiary/aromatic N) is 2. The van der Waals surface area contributed by atoms with Crippen LogP contribution in [0.1, 0.15) is 11.1 Å². The number of anilines is 1. The number of carbonyl (C=O) groups excluding carboxylic acids is 1. The molecule has 138 valence electrons. The number of thiophene rings is 1. The Morgan fingerprint density at radius 1 is 1.00 bits per heavy atom. The summed E-state index contributed by atoms with van der Waals surface area (Å²) in [6, 6.07) is 21.8. The number of aryl methyl sites for hydroxylation is 1. The number of benzene rings is 2. The first kappa shape index (κ1) is 18.1. The third kappa shape index (κ3) is 4.15. The van der Waals surface area contributed by atoms with Crippen LogP contribution in [0.2, 0.25) is 0 Å². The Labute approximate surface area is 167 Å². The van der Waals surface area contributed by atoms with Crippen LogP contribution < -0.4 is 5.32 Å². The van der Waals surface area contributed by atoms with Gasteiger partial charge in [0.05, 0.1) is 23.2 Å². The summed E-state index contributed by atoms with van der Waals surface area (Å²) in [7, 11) is 0. The molecule has 0 radical (unpaired) electrons. The first-order chi connectivity index (χ1) is 13.7. The maximum absolute atomic E-state index is 12.6. The monoisotopic (exact) mass is 385 g/mol. The van der Waals surface area contributed by atoms with Crippen LogP contribution >= 0.6 is 11.3 Å². The van der Waals surface area contributed by atoms with Crippen molar-refractivity contribution in [3.63, 3.8) is 0 Å². The van der Waals surface area contributed by atoms with Crippen LogP contribution in [0.4, 0.5) is 5.82 Å². The minimum Gasteiger partial charge on any atom is -0.309 e. The second-order valence-electron chi connectivity index (χ2n) is 6.51. The molecule has 1 N–H and O–H groups in total. The van der Waals surface area contributed by atoms with Crippen LogP contribution in [0.15, 0.2) is 78.3 Å². The maximum atomic E-state index is 12.6. The lowest BCUT2D eigenvalue weighted by Crippen LogP contribution is -2.16. The van der Waals surface area contributed by atoms with Gasteiger partial charge in [0.25, 0.3) is 0 Å². The fourth-order valence-corrected chi connectivity index (χ4v) is 3.60. The van der Waals surface area contributed by atoms with E-state index in [9.17, 15) is 4.79 Å². The van der Waals surface area contributed by atoms with Gasteiger partial charge < -0.3 is 5.32 Å². The molecule has 0 fully saturated rings. The van der Waals surface area contributed by atoms with Gasteiger partial charge >= 0.3 is 0 Å². The van der Waals surface area contributed by atoms with Crippen molar-refractivity contribution in [3.8, 4) is 21.8 Å². The van der Waals surface area contributed by atoms with Crippen molar-refractivity contribution >= 4 is 23.1 Å². The van der Waals surface area contributed by atoms with Crippen LogP contribution in [-0.2, 0) is 11.2 Å². The highest BCUT2D eigenvalue weighted by Crippen LogP contribution is 2.30. The number of hydrogen-bond acceptors (Lipinski definition) is 4. The molecule has 0 saturated heterocycles. The SMILES string of the molecule is Cc1ccc(CC(=O)Nc2ncc(-c3ccccc3)nc2-c2cccs2)cc1. The lowest BCUT2D eigenvalue weighted by molar-refractivity contribution is -0.115. The topological polar surface area (TPSA) is 54.9 Å². The van der Waals surface area contributed by atoms with E-state index >= 15 is 0 Å². The summed E-state index contributed by atoms with van der Waals surface area (Å²) in [6.45, 7) is 2.03. The minimum atomic E-state index is -0.108. The highest BCUT2D eigenvalue weighted by Gasteiger charge is 2.15. The molecule has 0 unspecified atom stereocenters. The molecule has 0 saturated carbocycles. The molecule has 4 aromatic rings. The van der Waals surface area contributed by atoms with E-state index in [2.05, 4.69) is 10.3 Å². The van der Waals surface area contributed by atoms with E-state index in [0.717, 1.165) is 21.7 Å². The molecule has 2 heterocycles. The first-order valence-corrected chi connectivity index (χ1v) is 9.89. The number of nitrogens with one attached hydrogen (secondary N) is 1. The average molecular weight is 385 g/mol. The normalized spacial score (nSPS) is 10.6. The van der Waals surface area contributed by atoms with Crippen molar-refractivity contribution in [3.05, 3.63) is 89.4 Å².